The van der Waals surface area contributed by atoms with Gasteiger partial charge in [0.1, 0.15) is 17.7 Å². The third-order valence-corrected chi connectivity index (χ3v) is 1.88. The third-order valence-electron chi connectivity index (χ3n) is 1.88. The van der Waals surface area contributed by atoms with Gasteiger partial charge in [-0.05, 0) is 24.1 Å². The van der Waals surface area contributed by atoms with Gasteiger partial charge in [0.25, 0.3) is 0 Å². The van der Waals surface area contributed by atoms with E-state index >= 15 is 0 Å². The van der Waals surface area contributed by atoms with Crippen molar-refractivity contribution in [2.24, 2.45) is 5.73 Å². The summed E-state index contributed by atoms with van der Waals surface area (Å²) in [4.78, 5) is 11.0. The molecule has 6 heteroatoms. The largest absolute Gasteiger partial charge is 0.468 e. The average molecular weight is 252 g/mol. The Morgan fingerprint density at radius 2 is 1.88 bits per heavy atom. The van der Waals surface area contributed by atoms with E-state index in [0.29, 0.717) is 5.56 Å². The van der Waals surface area contributed by atoms with Gasteiger partial charge in [0.05, 0.1) is 7.11 Å². The molecule has 0 heterocycles. The number of methoxy groups -OCH3 is 1. The molecule has 0 fully saturated rings. The second kappa shape index (κ2) is 6.40. The van der Waals surface area contributed by atoms with Crippen molar-refractivity contribution in [3.05, 3.63) is 35.4 Å². The molecular weight excluding hydrogens is 240 g/mol. The highest BCUT2D eigenvalue weighted by molar-refractivity contribution is 5.85. The van der Waals surface area contributed by atoms with E-state index in [9.17, 15) is 13.6 Å². The van der Waals surface area contributed by atoms with Crippen molar-refractivity contribution in [1.82, 2.24) is 0 Å². The molecule has 0 saturated heterocycles. The lowest BCUT2D eigenvalue weighted by atomic mass is 10.1. The first kappa shape index (κ1) is 14.8. The predicted octanol–water partition coefficient (Wildman–Crippen LogP) is 1.43. The molecule has 3 nitrogen and oxygen atoms in total. The van der Waals surface area contributed by atoms with E-state index in [-0.39, 0.29) is 18.8 Å². The Bertz CT molecular complexity index is 354. The first-order chi connectivity index (χ1) is 7.02. The van der Waals surface area contributed by atoms with Gasteiger partial charge in [0.15, 0.2) is 0 Å². The number of hydrogen-bond donors (Lipinski definition) is 1. The zero-order chi connectivity index (χ0) is 11.4. The van der Waals surface area contributed by atoms with Crippen molar-refractivity contribution < 1.29 is 18.3 Å². The molecule has 1 unspecified atom stereocenters. The molecule has 1 atom stereocenters. The summed E-state index contributed by atoms with van der Waals surface area (Å²) in [6.07, 6.45) is 0.0430. The van der Waals surface area contributed by atoms with Crippen molar-refractivity contribution in [3.8, 4) is 0 Å². The molecule has 2 N–H and O–H groups in total. The standard InChI is InChI=1S/C10H11F2NO2.ClH/c1-15-10(14)9(13)4-6-2-7(11)5-8(12)3-6;/h2-3,5,9H,4,13H2,1H3;1H. The maximum Gasteiger partial charge on any atom is 0.322 e. The Hall–Kier alpha value is -1.20. The Kier molecular flexibility index (Phi) is 5.92. The van der Waals surface area contributed by atoms with Crippen LogP contribution in [0.3, 0.4) is 0 Å². The van der Waals surface area contributed by atoms with Gasteiger partial charge >= 0.3 is 5.97 Å². The number of ether oxygens (including phenoxy) is 1. The Morgan fingerprint density at radius 3 is 2.31 bits per heavy atom. The summed E-state index contributed by atoms with van der Waals surface area (Å²) in [5, 5.41) is 0. The molecule has 0 radical (unpaired) electrons. The van der Waals surface area contributed by atoms with E-state index in [2.05, 4.69) is 4.74 Å². The van der Waals surface area contributed by atoms with Crippen LogP contribution >= 0.6 is 12.4 Å². The monoisotopic (exact) mass is 251 g/mol. The molecule has 0 aliphatic rings. The minimum Gasteiger partial charge on any atom is -0.468 e. The summed E-state index contributed by atoms with van der Waals surface area (Å²) >= 11 is 0. The predicted molar refractivity (Wildman–Crippen MR) is 57.3 cm³/mol. The summed E-state index contributed by atoms with van der Waals surface area (Å²) in [5.41, 5.74) is 5.76. The lowest BCUT2D eigenvalue weighted by Crippen LogP contribution is -2.33. The molecule has 0 spiro atoms. The Balaban J connectivity index is 0.00000225. The molecule has 1 rings (SSSR count). The number of nitrogens with two attached hydrogens (primary N) is 1. The van der Waals surface area contributed by atoms with Crippen LogP contribution in [0.2, 0.25) is 0 Å². The Labute approximate surface area is 98.0 Å². The highest BCUT2D eigenvalue weighted by Crippen LogP contribution is 2.09. The van der Waals surface area contributed by atoms with Crippen molar-refractivity contribution in [3.63, 3.8) is 0 Å². The molecule has 0 aliphatic carbocycles. The fourth-order valence-electron chi connectivity index (χ4n) is 1.22. The smallest absolute Gasteiger partial charge is 0.322 e. The molecule has 0 bridgehead atoms. The van der Waals surface area contributed by atoms with Crippen LogP contribution in [0.15, 0.2) is 18.2 Å². The van der Waals surface area contributed by atoms with E-state index in [0.717, 1.165) is 18.2 Å². The fraction of sp³-hybridized carbons (Fsp3) is 0.300. The highest BCUT2D eigenvalue weighted by atomic mass is 35.5. The van der Waals surface area contributed by atoms with Crippen molar-refractivity contribution in [1.29, 1.82) is 0 Å². The second-order valence-electron chi connectivity index (χ2n) is 3.11. The molecule has 1 aromatic rings. The van der Waals surface area contributed by atoms with Gasteiger partial charge in [-0.25, -0.2) is 8.78 Å². The molecule has 0 saturated carbocycles. The van der Waals surface area contributed by atoms with Crippen LogP contribution in [0.4, 0.5) is 8.78 Å². The van der Waals surface area contributed by atoms with E-state index in [1.165, 1.54) is 7.11 Å². The van der Waals surface area contributed by atoms with Crippen LogP contribution in [0, 0.1) is 11.6 Å². The number of halogens is 3. The van der Waals surface area contributed by atoms with Gasteiger partial charge in [-0.3, -0.25) is 4.79 Å². The molecular formula is C10H12ClF2NO2. The van der Waals surface area contributed by atoms with Crippen molar-refractivity contribution >= 4 is 18.4 Å². The summed E-state index contributed by atoms with van der Waals surface area (Å²) in [7, 11) is 1.20. The fourth-order valence-corrected chi connectivity index (χ4v) is 1.22. The van der Waals surface area contributed by atoms with Gasteiger partial charge in [-0.1, -0.05) is 0 Å². The summed E-state index contributed by atoms with van der Waals surface area (Å²) in [6.45, 7) is 0. The SMILES string of the molecule is COC(=O)C(N)Cc1cc(F)cc(F)c1.Cl. The summed E-state index contributed by atoms with van der Waals surface area (Å²) in [5.74, 6) is -2.00. The van der Waals surface area contributed by atoms with Crippen molar-refractivity contribution in [2.75, 3.05) is 7.11 Å². The zero-order valence-corrected chi connectivity index (χ0v) is 9.39. The molecule has 0 aliphatic heterocycles. The lowest BCUT2D eigenvalue weighted by Gasteiger charge is -2.09. The van der Waals surface area contributed by atoms with Crippen LogP contribution in [-0.4, -0.2) is 19.1 Å². The molecule has 16 heavy (non-hydrogen) atoms. The molecule has 90 valence electrons. The number of hydrogen-bond acceptors (Lipinski definition) is 3. The number of benzene rings is 1. The van der Waals surface area contributed by atoms with Gasteiger partial charge < -0.3 is 10.5 Å². The minimum atomic E-state index is -0.906. The number of esters is 1. The first-order valence-electron chi connectivity index (χ1n) is 4.31. The van der Waals surface area contributed by atoms with E-state index in [1.807, 2.05) is 0 Å². The van der Waals surface area contributed by atoms with Crippen LogP contribution in [-0.2, 0) is 16.0 Å². The quantitative estimate of drug-likeness (QED) is 0.827. The number of carbonyl (C=O) groups excluding carboxylic acids is 1. The number of carbonyl (C=O) groups is 1. The van der Waals surface area contributed by atoms with Gasteiger partial charge in [0, 0.05) is 6.07 Å². The number of rotatable bonds is 3. The average Bonchev–Trinajstić information content (AvgIpc) is 2.14. The summed E-state index contributed by atoms with van der Waals surface area (Å²) in [6, 6.07) is 2.11. The van der Waals surface area contributed by atoms with E-state index < -0.39 is 23.6 Å². The van der Waals surface area contributed by atoms with Crippen LogP contribution in [0.5, 0.6) is 0 Å². The van der Waals surface area contributed by atoms with Crippen LogP contribution in [0.1, 0.15) is 5.56 Å². The third kappa shape index (κ3) is 4.12. The lowest BCUT2D eigenvalue weighted by molar-refractivity contribution is -0.142. The molecule has 1 aromatic carbocycles. The second-order valence-corrected chi connectivity index (χ2v) is 3.11. The van der Waals surface area contributed by atoms with Gasteiger partial charge in [-0.15, -0.1) is 12.4 Å². The summed E-state index contributed by atoms with van der Waals surface area (Å²) < 4.78 is 29.9. The van der Waals surface area contributed by atoms with Crippen molar-refractivity contribution in [2.45, 2.75) is 12.5 Å². The van der Waals surface area contributed by atoms with Gasteiger partial charge in [0.2, 0.25) is 0 Å². The molecule has 0 aromatic heterocycles. The molecule has 0 amide bonds. The highest BCUT2D eigenvalue weighted by Gasteiger charge is 2.15. The Morgan fingerprint density at radius 1 is 1.38 bits per heavy atom. The first-order valence-corrected chi connectivity index (χ1v) is 4.31. The van der Waals surface area contributed by atoms with E-state index in [1.54, 1.807) is 0 Å². The normalized spacial score (nSPS) is 11.5. The topological polar surface area (TPSA) is 52.3 Å². The minimum absolute atomic E-state index is 0. The zero-order valence-electron chi connectivity index (χ0n) is 8.57. The maximum atomic E-state index is 12.8. The van der Waals surface area contributed by atoms with Crippen LogP contribution in [0.25, 0.3) is 0 Å². The van der Waals surface area contributed by atoms with E-state index in [4.69, 9.17) is 5.73 Å². The van der Waals surface area contributed by atoms with Crippen LogP contribution < -0.4 is 5.73 Å². The van der Waals surface area contributed by atoms with Gasteiger partial charge in [-0.2, -0.15) is 0 Å². The maximum absolute atomic E-state index is 12.8.